The van der Waals surface area contributed by atoms with E-state index in [0.717, 1.165) is 17.0 Å². The molecular formula is C23H34N2O8. The summed E-state index contributed by atoms with van der Waals surface area (Å²) in [5, 5.41) is 55.2. The van der Waals surface area contributed by atoms with Crippen molar-refractivity contribution in [1.29, 1.82) is 0 Å². The van der Waals surface area contributed by atoms with E-state index in [4.69, 9.17) is 14.2 Å². The Labute approximate surface area is 193 Å². The summed E-state index contributed by atoms with van der Waals surface area (Å²) < 4.78 is 18.3. The first-order valence-electron chi connectivity index (χ1n) is 11.0. The summed E-state index contributed by atoms with van der Waals surface area (Å²) in [6.07, 6.45) is -6.31. The Morgan fingerprint density at radius 2 is 1.73 bits per heavy atom. The Kier molecular flexibility index (Phi) is 7.67. The van der Waals surface area contributed by atoms with Crippen LogP contribution in [-0.4, -0.2) is 78.4 Å². The molecule has 3 rings (SSSR count). The Bertz CT molecular complexity index is 927. The van der Waals surface area contributed by atoms with Gasteiger partial charge in [0.15, 0.2) is 6.10 Å². The van der Waals surface area contributed by atoms with E-state index in [2.05, 4.69) is 5.10 Å². The molecule has 33 heavy (non-hydrogen) atoms. The molecule has 2 heterocycles. The van der Waals surface area contributed by atoms with E-state index in [9.17, 15) is 25.5 Å². The second-order valence-electron chi connectivity index (χ2n) is 8.89. The molecule has 1 aromatic heterocycles. The van der Waals surface area contributed by atoms with E-state index in [1.165, 1.54) is 0 Å². The molecule has 1 aliphatic rings. The van der Waals surface area contributed by atoms with Crippen molar-refractivity contribution < 1.29 is 39.7 Å². The lowest BCUT2D eigenvalue weighted by Crippen LogP contribution is -2.67. The molecule has 0 saturated carbocycles. The molecule has 1 aliphatic heterocycles. The summed E-state index contributed by atoms with van der Waals surface area (Å²) in [7, 11) is 0. The molecule has 0 unspecified atom stereocenters. The van der Waals surface area contributed by atoms with Gasteiger partial charge in [0.05, 0.1) is 12.7 Å². The van der Waals surface area contributed by atoms with Crippen molar-refractivity contribution in [3.8, 4) is 11.6 Å². The molecule has 0 bridgehead atoms. The summed E-state index contributed by atoms with van der Waals surface area (Å²) in [4.78, 5) is 0. The van der Waals surface area contributed by atoms with Crippen molar-refractivity contribution in [1.82, 2.24) is 9.78 Å². The minimum atomic E-state index is -2.72. The van der Waals surface area contributed by atoms with Gasteiger partial charge in [-0.25, -0.2) is 0 Å². The maximum absolute atomic E-state index is 10.9. The fraction of sp³-hybridized carbons (Fsp3) is 0.609. The first-order chi connectivity index (χ1) is 15.5. The average molecular weight is 467 g/mol. The highest BCUT2D eigenvalue weighted by Crippen LogP contribution is 2.34. The van der Waals surface area contributed by atoms with Crippen molar-refractivity contribution in [3.63, 3.8) is 0 Å². The van der Waals surface area contributed by atoms with Crippen molar-refractivity contribution in [2.75, 3.05) is 6.61 Å². The van der Waals surface area contributed by atoms with Crippen molar-refractivity contribution in [2.24, 2.45) is 0 Å². The largest absolute Gasteiger partial charge is 0.491 e. The smallest absolute Gasteiger partial charge is 0.356 e. The van der Waals surface area contributed by atoms with Gasteiger partial charge in [-0.3, -0.25) is 4.68 Å². The first kappa shape index (κ1) is 25.4. The number of hydrogen-bond acceptors (Lipinski definition) is 9. The SMILES string of the molecule is Cc1c(Cc2ccc(OC(C)C)cc2)c(O[C@]2(O)O[C@H](CO)[C@@H](O)[C@H](O)[C@H]2O)nn1C(C)C. The second kappa shape index (κ2) is 9.96. The number of hydrogen-bond donors (Lipinski definition) is 5. The Morgan fingerprint density at radius 1 is 1.09 bits per heavy atom. The van der Waals surface area contributed by atoms with Crippen LogP contribution >= 0.6 is 0 Å². The quantitative estimate of drug-likeness (QED) is 0.354. The van der Waals surface area contributed by atoms with Gasteiger partial charge in [0.25, 0.3) is 0 Å². The molecule has 1 saturated heterocycles. The molecule has 0 radical (unpaired) electrons. The monoisotopic (exact) mass is 466 g/mol. The highest BCUT2D eigenvalue weighted by molar-refractivity contribution is 5.38. The van der Waals surface area contributed by atoms with Crippen molar-refractivity contribution in [3.05, 3.63) is 41.1 Å². The minimum absolute atomic E-state index is 0.00513. The van der Waals surface area contributed by atoms with Crippen molar-refractivity contribution >= 4 is 0 Å². The number of aliphatic hydroxyl groups is 5. The number of aromatic nitrogens is 2. The fourth-order valence-corrected chi connectivity index (χ4v) is 3.82. The third-order valence-electron chi connectivity index (χ3n) is 5.57. The summed E-state index contributed by atoms with van der Waals surface area (Å²) in [5.41, 5.74) is 2.37. The van der Waals surface area contributed by atoms with Gasteiger partial charge >= 0.3 is 5.97 Å². The molecule has 184 valence electrons. The lowest BCUT2D eigenvalue weighted by molar-refractivity contribution is -0.423. The third-order valence-corrected chi connectivity index (χ3v) is 5.57. The Hall–Kier alpha value is -2.21. The molecule has 5 N–H and O–H groups in total. The average Bonchev–Trinajstić information content (AvgIpc) is 3.05. The summed E-state index contributed by atoms with van der Waals surface area (Å²) in [6, 6.07) is 7.53. The predicted molar refractivity (Wildman–Crippen MR) is 118 cm³/mol. The lowest BCUT2D eigenvalue weighted by atomic mass is 9.98. The zero-order valence-electron chi connectivity index (χ0n) is 19.5. The van der Waals surface area contributed by atoms with E-state index in [1.54, 1.807) is 4.68 Å². The standard InChI is InChI=1S/C23H34N2O8/c1-12(2)25-14(5)17(10-15-6-8-16(9-7-15)31-13(3)4)22(24-25)33-23(30)21(29)20(28)19(27)18(11-26)32-23/h6-9,12-13,18-21,26-30H,10-11H2,1-5H3/t18-,19-,20+,21-,23-/m1/s1. The number of rotatable bonds is 8. The minimum Gasteiger partial charge on any atom is -0.491 e. The van der Waals surface area contributed by atoms with E-state index in [-0.39, 0.29) is 18.0 Å². The van der Waals surface area contributed by atoms with Crippen LogP contribution in [0.15, 0.2) is 24.3 Å². The zero-order chi connectivity index (χ0) is 24.5. The van der Waals surface area contributed by atoms with Gasteiger partial charge in [-0.05, 0) is 52.3 Å². The van der Waals surface area contributed by atoms with Gasteiger partial charge in [0, 0.05) is 23.7 Å². The van der Waals surface area contributed by atoms with Crippen LogP contribution < -0.4 is 9.47 Å². The van der Waals surface area contributed by atoms with Gasteiger partial charge in [0.1, 0.15) is 24.1 Å². The molecule has 1 aromatic carbocycles. The van der Waals surface area contributed by atoms with E-state index in [1.807, 2.05) is 58.9 Å². The molecule has 0 amide bonds. The normalized spacial score (nSPS) is 27.9. The molecule has 2 aromatic rings. The second-order valence-corrected chi connectivity index (χ2v) is 8.89. The van der Waals surface area contributed by atoms with Crippen LogP contribution in [0.3, 0.4) is 0 Å². The molecular weight excluding hydrogens is 432 g/mol. The van der Waals surface area contributed by atoms with Crippen LogP contribution in [-0.2, 0) is 11.2 Å². The highest BCUT2D eigenvalue weighted by atomic mass is 16.8. The van der Waals surface area contributed by atoms with E-state index in [0.29, 0.717) is 12.0 Å². The topological polar surface area (TPSA) is 147 Å². The fourth-order valence-electron chi connectivity index (χ4n) is 3.82. The van der Waals surface area contributed by atoms with Gasteiger partial charge in [-0.2, -0.15) is 0 Å². The molecule has 1 fully saturated rings. The van der Waals surface area contributed by atoms with Gasteiger partial charge < -0.3 is 39.7 Å². The maximum Gasteiger partial charge on any atom is 0.356 e. The van der Waals surface area contributed by atoms with Gasteiger partial charge in [0.2, 0.25) is 5.88 Å². The van der Waals surface area contributed by atoms with E-state index >= 15 is 0 Å². The van der Waals surface area contributed by atoms with Crippen LogP contribution in [0.2, 0.25) is 0 Å². The van der Waals surface area contributed by atoms with E-state index < -0.39 is 37.0 Å². The molecule has 5 atom stereocenters. The summed E-state index contributed by atoms with van der Waals surface area (Å²) in [5.74, 6) is -1.97. The molecule has 0 aliphatic carbocycles. The van der Waals surface area contributed by atoms with Gasteiger partial charge in [-0.15, -0.1) is 5.10 Å². The maximum atomic E-state index is 10.9. The number of ether oxygens (including phenoxy) is 3. The summed E-state index contributed by atoms with van der Waals surface area (Å²) in [6.45, 7) is 8.94. The van der Waals surface area contributed by atoms with Crippen LogP contribution in [0.25, 0.3) is 0 Å². The third kappa shape index (κ3) is 5.32. The Balaban J connectivity index is 1.93. The first-order valence-corrected chi connectivity index (χ1v) is 11.0. The highest BCUT2D eigenvalue weighted by Gasteiger charge is 2.55. The predicted octanol–water partition coefficient (Wildman–Crippen LogP) is 0.649. The number of aliphatic hydroxyl groups excluding tert-OH is 4. The molecule has 10 heteroatoms. The number of nitrogens with zero attached hydrogens (tertiary/aromatic N) is 2. The van der Waals surface area contributed by atoms with Gasteiger partial charge in [-0.1, -0.05) is 12.1 Å². The lowest BCUT2D eigenvalue weighted by Gasteiger charge is -2.43. The molecule has 0 spiro atoms. The molecule has 10 nitrogen and oxygen atoms in total. The zero-order valence-corrected chi connectivity index (χ0v) is 19.5. The van der Waals surface area contributed by atoms with Crippen LogP contribution in [0.1, 0.15) is 50.6 Å². The Morgan fingerprint density at radius 3 is 2.27 bits per heavy atom. The van der Waals surface area contributed by atoms with Crippen LogP contribution in [0.4, 0.5) is 0 Å². The number of benzene rings is 1. The summed E-state index contributed by atoms with van der Waals surface area (Å²) >= 11 is 0. The van der Waals surface area contributed by atoms with Crippen molar-refractivity contribution in [2.45, 2.75) is 83.6 Å². The van der Waals surface area contributed by atoms with Crippen LogP contribution in [0.5, 0.6) is 11.6 Å². The van der Waals surface area contributed by atoms with Crippen LogP contribution in [0, 0.1) is 6.92 Å².